The Morgan fingerprint density at radius 2 is 1.35 bits per heavy atom. The maximum absolute atomic E-state index is 11.1. The first-order valence-corrected chi connectivity index (χ1v) is 11.2. The number of allylic oxidation sites excluding steroid dienone is 3. The maximum Gasteiger partial charge on any atom is 0.169 e. The largest absolute Gasteiger partial charge is 0.504 e. The molecular formula is C31H24N2O. The van der Waals surface area contributed by atoms with Crippen molar-refractivity contribution in [3.8, 4) is 16.9 Å². The lowest BCUT2D eigenvalue weighted by Gasteiger charge is -2.38. The van der Waals surface area contributed by atoms with Crippen molar-refractivity contribution in [1.82, 2.24) is 4.98 Å². The number of aromatic nitrogens is 1. The Morgan fingerprint density at radius 3 is 1.97 bits per heavy atom. The number of nitrogens with zero attached hydrogens (tertiary/aromatic N) is 1. The van der Waals surface area contributed by atoms with E-state index >= 15 is 0 Å². The lowest BCUT2D eigenvalue weighted by molar-refractivity contribution is 0.473. The minimum absolute atomic E-state index is 0.0851. The quantitative estimate of drug-likeness (QED) is 0.317. The van der Waals surface area contributed by atoms with Gasteiger partial charge in [-0.05, 0) is 40.5 Å². The van der Waals surface area contributed by atoms with Crippen LogP contribution < -0.4 is 5.32 Å². The molecule has 0 radical (unpaired) electrons. The van der Waals surface area contributed by atoms with Crippen LogP contribution in [0.15, 0.2) is 145 Å². The summed E-state index contributed by atoms with van der Waals surface area (Å²) in [5.41, 5.74) is 7.31. The third kappa shape index (κ3) is 4.09. The summed E-state index contributed by atoms with van der Waals surface area (Å²) in [6.07, 6.45) is 11.7. The molecule has 0 fully saturated rings. The molecule has 3 nitrogen and oxygen atoms in total. The number of hydrogen-bond donors (Lipinski definition) is 2. The maximum atomic E-state index is 11.1. The minimum atomic E-state index is -0.809. The first kappa shape index (κ1) is 21.3. The van der Waals surface area contributed by atoms with Gasteiger partial charge in [-0.2, -0.15) is 0 Å². The summed E-state index contributed by atoms with van der Waals surface area (Å²) < 4.78 is 0. The van der Waals surface area contributed by atoms with Gasteiger partial charge in [-0.25, -0.2) is 4.98 Å². The second-order valence-corrected chi connectivity index (χ2v) is 8.05. The van der Waals surface area contributed by atoms with Gasteiger partial charge in [-0.3, -0.25) is 0 Å². The van der Waals surface area contributed by atoms with Crippen LogP contribution >= 0.6 is 0 Å². The Labute approximate surface area is 199 Å². The van der Waals surface area contributed by atoms with E-state index in [2.05, 4.69) is 46.4 Å². The molecule has 3 heteroatoms. The molecule has 164 valence electrons. The number of aromatic hydroxyl groups is 1. The van der Waals surface area contributed by atoms with Crippen molar-refractivity contribution in [3.63, 3.8) is 0 Å². The third-order valence-corrected chi connectivity index (χ3v) is 5.95. The SMILES string of the molecule is Oc1cc(-c2ccccc2)cnc1NC(C1=CC=CC=C=C1)(c1ccccc1)c1ccccc1. The fraction of sp³-hybridized carbons (Fsp3) is 0.0323. The van der Waals surface area contributed by atoms with Gasteiger partial charge in [-0.15, -0.1) is 5.73 Å². The highest BCUT2D eigenvalue weighted by Gasteiger charge is 2.38. The summed E-state index contributed by atoms with van der Waals surface area (Å²) in [5.74, 6) is 0.487. The van der Waals surface area contributed by atoms with Gasteiger partial charge in [0, 0.05) is 11.8 Å². The van der Waals surface area contributed by atoms with E-state index in [4.69, 9.17) is 0 Å². The summed E-state index contributed by atoms with van der Waals surface area (Å²) in [6.45, 7) is 0. The van der Waals surface area contributed by atoms with Crippen molar-refractivity contribution in [2.24, 2.45) is 0 Å². The van der Waals surface area contributed by atoms with Crippen molar-refractivity contribution < 1.29 is 5.11 Å². The van der Waals surface area contributed by atoms with Crippen molar-refractivity contribution in [1.29, 1.82) is 0 Å². The molecule has 0 saturated heterocycles. The number of hydrogen-bond acceptors (Lipinski definition) is 3. The molecule has 0 unspecified atom stereocenters. The van der Waals surface area contributed by atoms with E-state index < -0.39 is 5.54 Å². The smallest absolute Gasteiger partial charge is 0.169 e. The van der Waals surface area contributed by atoms with Gasteiger partial charge < -0.3 is 10.4 Å². The normalized spacial score (nSPS) is 12.8. The highest BCUT2D eigenvalue weighted by Crippen LogP contribution is 2.42. The van der Waals surface area contributed by atoms with Gasteiger partial charge in [0.05, 0.1) is 0 Å². The Hall–Kier alpha value is -4.59. The average molecular weight is 441 g/mol. The zero-order chi connectivity index (χ0) is 23.2. The monoisotopic (exact) mass is 440 g/mol. The highest BCUT2D eigenvalue weighted by atomic mass is 16.3. The van der Waals surface area contributed by atoms with Gasteiger partial charge in [0.15, 0.2) is 11.6 Å². The number of pyridine rings is 1. The molecule has 1 heterocycles. The second-order valence-electron chi connectivity index (χ2n) is 8.05. The van der Waals surface area contributed by atoms with Crippen LogP contribution in [0.3, 0.4) is 0 Å². The van der Waals surface area contributed by atoms with Crippen molar-refractivity contribution in [2.45, 2.75) is 5.54 Å². The Kier molecular flexibility index (Phi) is 5.94. The number of nitrogens with one attached hydrogen (secondary N) is 1. The van der Waals surface area contributed by atoms with Crippen LogP contribution in [-0.4, -0.2) is 10.1 Å². The number of benzene rings is 3. The van der Waals surface area contributed by atoms with E-state index in [0.29, 0.717) is 5.82 Å². The fourth-order valence-corrected chi connectivity index (χ4v) is 4.30. The molecule has 0 atom stereocenters. The summed E-state index contributed by atoms with van der Waals surface area (Å²) in [6, 6.07) is 32.1. The molecule has 0 bridgehead atoms. The average Bonchev–Trinajstić information content (AvgIpc) is 3.20. The minimum Gasteiger partial charge on any atom is -0.504 e. The molecule has 0 amide bonds. The van der Waals surface area contributed by atoms with Crippen LogP contribution in [0.25, 0.3) is 11.1 Å². The van der Waals surface area contributed by atoms with Crippen LogP contribution in [-0.2, 0) is 5.54 Å². The zero-order valence-electron chi connectivity index (χ0n) is 18.6. The van der Waals surface area contributed by atoms with Crippen LogP contribution in [0, 0.1) is 0 Å². The van der Waals surface area contributed by atoms with Crippen LogP contribution in [0.1, 0.15) is 11.1 Å². The van der Waals surface area contributed by atoms with Gasteiger partial charge in [-0.1, -0.05) is 109 Å². The van der Waals surface area contributed by atoms with Crippen LogP contribution in [0.4, 0.5) is 5.82 Å². The Morgan fingerprint density at radius 1 is 0.735 bits per heavy atom. The second kappa shape index (κ2) is 9.50. The fourth-order valence-electron chi connectivity index (χ4n) is 4.30. The predicted octanol–water partition coefficient (Wildman–Crippen LogP) is 7.02. The topological polar surface area (TPSA) is 45.2 Å². The van der Waals surface area contributed by atoms with Crippen molar-refractivity contribution >= 4 is 5.82 Å². The first-order valence-electron chi connectivity index (χ1n) is 11.2. The highest BCUT2D eigenvalue weighted by molar-refractivity contribution is 5.70. The zero-order valence-corrected chi connectivity index (χ0v) is 18.6. The van der Waals surface area contributed by atoms with E-state index in [1.54, 1.807) is 12.3 Å². The van der Waals surface area contributed by atoms with Crippen LogP contribution in [0.5, 0.6) is 5.75 Å². The molecular weight excluding hydrogens is 416 g/mol. The summed E-state index contributed by atoms with van der Waals surface area (Å²) in [7, 11) is 0. The Balaban J connectivity index is 1.70. The van der Waals surface area contributed by atoms with E-state index in [1.165, 1.54) is 0 Å². The van der Waals surface area contributed by atoms with Gasteiger partial charge in [0.25, 0.3) is 0 Å². The molecule has 2 N–H and O–H groups in total. The summed E-state index contributed by atoms with van der Waals surface area (Å²) >= 11 is 0. The van der Waals surface area contributed by atoms with Gasteiger partial charge >= 0.3 is 0 Å². The third-order valence-electron chi connectivity index (χ3n) is 5.95. The van der Waals surface area contributed by atoms with Gasteiger partial charge in [0.1, 0.15) is 5.54 Å². The Bertz CT molecular complexity index is 1360. The van der Waals surface area contributed by atoms with Crippen molar-refractivity contribution in [3.05, 3.63) is 156 Å². The molecule has 34 heavy (non-hydrogen) atoms. The molecule has 4 aromatic rings. The molecule has 3 aromatic carbocycles. The molecule has 0 spiro atoms. The molecule has 0 aliphatic heterocycles. The molecule has 0 saturated carbocycles. The molecule has 1 aliphatic carbocycles. The van der Waals surface area contributed by atoms with Gasteiger partial charge in [0.2, 0.25) is 0 Å². The lowest BCUT2D eigenvalue weighted by atomic mass is 9.76. The van der Waals surface area contributed by atoms with E-state index in [9.17, 15) is 5.11 Å². The summed E-state index contributed by atoms with van der Waals surface area (Å²) in [5, 5.41) is 14.7. The van der Waals surface area contributed by atoms with Crippen LogP contribution in [0.2, 0.25) is 0 Å². The lowest BCUT2D eigenvalue weighted by Crippen LogP contribution is -2.38. The molecule has 1 aliphatic rings. The molecule has 5 rings (SSSR count). The number of rotatable bonds is 6. The number of anilines is 1. The first-order chi connectivity index (χ1) is 16.8. The van der Waals surface area contributed by atoms with E-state index in [1.807, 2.05) is 91.0 Å². The summed E-state index contributed by atoms with van der Waals surface area (Å²) in [4.78, 5) is 4.66. The standard InChI is InChI=1S/C31H24N2O/c34-29-22-25(24-14-6-3-7-15-24)23-32-30(29)33-31(27-18-10-4-11-19-27,28-20-12-5-13-21-28)26-16-8-1-2-9-17-26/h1-8,10-23,34H,(H,32,33). The van der Waals surface area contributed by atoms with Crippen molar-refractivity contribution in [2.75, 3.05) is 5.32 Å². The van der Waals surface area contributed by atoms with E-state index in [0.717, 1.165) is 27.8 Å². The molecule has 1 aromatic heterocycles. The predicted molar refractivity (Wildman–Crippen MR) is 139 cm³/mol. The van der Waals surface area contributed by atoms with E-state index in [-0.39, 0.29) is 5.75 Å².